The van der Waals surface area contributed by atoms with Crippen molar-refractivity contribution < 1.29 is 0 Å². The number of hydrogen-bond donors (Lipinski definition) is 1. The fourth-order valence-electron chi connectivity index (χ4n) is 0.915. The number of anilines is 1. The minimum atomic E-state index is 0.570. The molecule has 0 aliphatic heterocycles. The van der Waals surface area contributed by atoms with E-state index in [9.17, 15) is 0 Å². The van der Waals surface area contributed by atoms with Crippen LogP contribution in [0.15, 0.2) is 36.1 Å². The van der Waals surface area contributed by atoms with E-state index in [-0.39, 0.29) is 0 Å². The van der Waals surface area contributed by atoms with Crippen molar-refractivity contribution in [3.8, 4) is 0 Å². The first-order valence-electron chi connectivity index (χ1n) is 4.22. The van der Waals surface area contributed by atoms with Crippen LogP contribution in [0.3, 0.4) is 0 Å². The van der Waals surface area contributed by atoms with Crippen molar-refractivity contribution in [2.24, 2.45) is 0 Å². The maximum atomic E-state index is 5.65. The second-order valence-electron chi connectivity index (χ2n) is 3.08. The van der Waals surface area contributed by atoms with Crippen molar-refractivity contribution in [3.05, 3.63) is 41.6 Å². The van der Waals surface area contributed by atoms with Crippen molar-refractivity contribution in [1.82, 2.24) is 4.98 Å². The molecule has 68 valence electrons. The minimum Gasteiger partial charge on any atom is -0.383 e. The normalized spacial score (nSPS) is 10.3. The fraction of sp³-hybridized carbons (Fsp3) is 0.182. The van der Waals surface area contributed by atoms with Crippen molar-refractivity contribution in [2.75, 3.05) is 5.73 Å². The summed E-state index contributed by atoms with van der Waals surface area (Å²) in [5, 5.41) is 0. The first-order valence-corrected chi connectivity index (χ1v) is 4.22. The first-order chi connectivity index (χ1) is 6.20. The van der Waals surface area contributed by atoms with E-state index in [1.165, 1.54) is 5.57 Å². The van der Waals surface area contributed by atoms with Gasteiger partial charge in [0.25, 0.3) is 0 Å². The summed E-state index contributed by atoms with van der Waals surface area (Å²) in [7, 11) is 0. The van der Waals surface area contributed by atoms with E-state index >= 15 is 0 Å². The average molecular weight is 174 g/mol. The molecule has 1 aromatic heterocycles. The summed E-state index contributed by atoms with van der Waals surface area (Å²) in [6.07, 6.45) is 7.65. The Labute approximate surface area is 78.8 Å². The average Bonchev–Trinajstić information content (AvgIpc) is 2.08. The summed E-state index contributed by atoms with van der Waals surface area (Å²) in [6, 6.07) is 3.82. The number of hydrogen-bond acceptors (Lipinski definition) is 2. The molecule has 0 radical (unpaired) electrons. The van der Waals surface area contributed by atoms with E-state index in [2.05, 4.69) is 18.8 Å². The van der Waals surface area contributed by atoms with Crippen LogP contribution in [0.25, 0.3) is 6.08 Å². The van der Waals surface area contributed by atoms with Crippen LogP contribution in [0.1, 0.15) is 19.4 Å². The maximum absolute atomic E-state index is 5.65. The molecule has 1 aromatic rings. The van der Waals surface area contributed by atoms with E-state index in [0.717, 1.165) is 5.56 Å². The Balaban J connectivity index is 2.80. The fourth-order valence-corrected chi connectivity index (χ4v) is 0.915. The molecular formula is C11H14N2. The van der Waals surface area contributed by atoms with E-state index in [0.29, 0.717) is 5.82 Å². The Morgan fingerprint density at radius 2 is 2.23 bits per heavy atom. The quantitative estimate of drug-likeness (QED) is 0.700. The molecular weight excluding hydrogens is 160 g/mol. The molecule has 0 aliphatic rings. The molecule has 13 heavy (non-hydrogen) atoms. The molecule has 2 heteroatoms. The van der Waals surface area contributed by atoms with Gasteiger partial charge in [-0.25, -0.2) is 4.98 Å². The number of aromatic nitrogens is 1. The van der Waals surface area contributed by atoms with Crippen LogP contribution in [-0.2, 0) is 0 Å². The van der Waals surface area contributed by atoms with Crippen molar-refractivity contribution in [2.45, 2.75) is 13.8 Å². The molecule has 0 saturated heterocycles. The predicted octanol–water partition coefficient (Wildman–Crippen LogP) is 2.64. The third-order valence-corrected chi connectivity index (χ3v) is 1.58. The van der Waals surface area contributed by atoms with Crippen LogP contribution < -0.4 is 5.73 Å². The zero-order valence-corrected chi connectivity index (χ0v) is 7.99. The van der Waals surface area contributed by atoms with Gasteiger partial charge in [0, 0.05) is 11.8 Å². The highest BCUT2D eigenvalue weighted by Gasteiger charge is 1.91. The summed E-state index contributed by atoms with van der Waals surface area (Å²) in [5.74, 6) is 0.570. The smallest absolute Gasteiger partial charge is 0.130 e. The lowest BCUT2D eigenvalue weighted by Crippen LogP contribution is -1.91. The minimum absolute atomic E-state index is 0.570. The highest BCUT2D eigenvalue weighted by molar-refractivity contribution is 5.61. The molecule has 0 aliphatic carbocycles. The van der Waals surface area contributed by atoms with Crippen LogP contribution in [0.5, 0.6) is 0 Å². The van der Waals surface area contributed by atoms with Crippen LogP contribution in [0.2, 0.25) is 0 Å². The Kier molecular flexibility index (Phi) is 3.26. The molecule has 0 unspecified atom stereocenters. The van der Waals surface area contributed by atoms with Crippen LogP contribution >= 0.6 is 0 Å². The third-order valence-electron chi connectivity index (χ3n) is 1.58. The van der Waals surface area contributed by atoms with Crippen molar-refractivity contribution in [3.63, 3.8) is 0 Å². The molecule has 0 amide bonds. The van der Waals surface area contributed by atoms with Crippen molar-refractivity contribution in [1.29, 1.82) is 0 Å². The summed E-state index contributed by atoms with van der Waals surface area (Å²) >= 11 is 0. The molecule has 0 fully saturated rings. The lowest BCUT2D eigenvalue weighted by Gasteiger charge is -1.95. The van der Waals surface area contributed by atoms with Crippen LogP contribution in [0, 0.1) is 0 Å². The van der Waals surface area contributed by atoms with E-state index in [1.54, 1.807) is 6.20 Å². The number of rotatable bonds is 2. The van der Waals surface area contributed by atoms with Crippen LogP contribution in [-0.4, -0.2) is 4.98 Å². The Morgan fingerprint density at radius 1 is 1.46 bits per heavy atom. The van der Waals surface area contributed by atoms with Gasteiger partial charge in [0.05, 0.1) is 0 Å². The van der Waals surface area contributed by atoms with Gasteiger partial charge < -0.3 is 5.73 Å². The largest absolute Gasteiger partial charge is 0.383 e. The number of nitrogen functional groups attached to an aromatic ring is 1. The van der Waals surface area contributed by atoms with Crippen LogP contribution in [0.4, 0.5) is 5.82 Å². The second kappa shape index (κ2) is 4.45. The molecule has 0 aromatic carbocycles. The molecule has 0 atom stereocenters. The first kappa shape index (κ1) is 9.52. The van der Waals surface area contributed by atoms with Gasteiger partial charge in [-0.2, -0.15) is 0 Å². The summed E-state index contributed by atoms with van der Waals surface area (Å²) in [5.41, 5.74) is 7.88. The number of allylic oxidation sites excluding steroid dienone is 3. The molecule has 0 saturated carbocycles. The molecule has 0 bridgehead atoms. The van der Waals surface area contributed by atoms with Gasteiger partial charge in [-0.15, -0.1) is 0 Å². The maximum Gasteiger partial charge on any atom is 0.130 e. The lowest BCUT2D eigenvalue weighted by atomic mass is 10.2. The number of pyridine rings is 1. The summed E-state index contributed by atoms with van der Waals surface area (Å²) in [4.78, 5) is 3.98. The van der Waals surface area contributed by atoms with Crippen molar-refractivity contribution >= 4 is 11.9 Å². The highest BCUT2D eigenvalue weighted by atomic mass is 14.8. The summed E-state index contributed by atoms with van der Waals surface area (Å²) in [6.45, 7) is 4.11. The molecule has 0 spiro atoms. The number of nitrogens with two attached hydrogens (primary N) is 1. The zero-order valence-electron chi connectivity index (χ0n) is 7.99. The lowest BCUT2D eigenvalue weighted by molar-refractivity contribution is 1.32. The highest BCUT2D eigenvalue weighted by Crippen LogP contribution is 2.08. The Morgan fingerprint density at radius 3 is 2.85 bits per heavy atom. The van der Waals surface area contributed by atoms with E-state index in [1.807, 2.05) is 30.4 Å². The predicted molar refractivity (Wildman–Crippen MR) is 57.1 cm³/mol. The number of nitrogens with zero attached hydrogens (tertiary/aromatic N) is 1. The van der Waals surface area contributed by atoms with Gasteiger partial charge in [-0.1, -0.05) is 23.8 Å². The molecule has 1 heterocycles. The molecule has 2 nitrogen and oxygen atoms in total. The molecule has 2 N–H and O–H groups in total. The third kappa shape index (κ3) is 3.11. The van der Waals surface area contributed by atoms with Gasteiger partial charge in [0.15, 0.2) is 0 Å². The topological polar surface area (TPSA) is 38.9 Å². The van der Waals surface area contributed by atoms with E-state index in [4.69, 9.17) is 5.73 Å². The zero-order chi connectivity index (χ0) is 9.68. The van der Waals surface area contributed by atoms with Gasteiger partial charge in [0.2, 0.25) is 0 Å². The van der Waals surface area contributed by atoms with Gasteiger partial charge >= 0.3 is 0 Å². The Bertz CT molecular complexity index is 334. The van der Waals surface area contributed by atoms with Gasteiger partial charge in [0.1, 0.15) is 5.82 Å². The second-order valence-corrected chi connectivity index (χ2v) is 3.08. The summed E-state index contributed by atoms with van der Waals surface area (Å²) < 4.78 is 0. The van der Waals surface area contributed by atoms with Gasteiger partial charge in [-0.3, -0.25) is 0 Å². The monoisotopic (exact) mass is 174 g/mol. The Hall–Kier alpha value is -1.57. The standard InChI is InChI=1S/C11H14N2/c1-9(2)5-3-6-10-7-4-8-13-11(10)12/h3-8H,1-2H3,(H2,12,13)/b6-3-. The molecule has 1 rings (SSSR count). The SMILES string of the molecule is CC(C)=C/C=C\c1cccnc1N. The van der Waals surface area contributed by atoms with E-state index < -0.39 is 0 Å². The van der Waals surface area contributed by atoms with Gasteiger partial charge in [-0.05, 0) is 26.0 Å².